The lowest BCUT2D eigenvalue weighted by Gasteiger charge is -2.35. The Bertz CT molecular complexity index is 833. The molecule has 2 rings (SSSR count). The van der Waals surface area contributed by atoms with E-state index in [4.69, 9.17) is 9.47 Å². The molecule has 0 aliphatic rings. The van der Waals surface area contributed by atoms with Crippen LogP contribution in [0, 0.1) is 11.8 Å². The minimum absolute atomic E-state index is 0.0518. The lowest BCUT2D eigenvalue weighted by molar-refractivity contribution is -0.147. The molecule has 0 aliphatic carbocycles. The Hall–Kier alpha value is -2.07. The molecule has 0 unspecified atom stereocenters. The molecule has 172 valence electrons. The summed E-state index contributed by atoms with van der Waals surface area (Å²) in [5, 5.41) is 5.21. The smallest absolute Gasteiger partial charge is 0.256 e. The number of anilines is 1. The molecule has 0 radical (unpaired) electrons. The summed E-state index contributed by atoms with van der Waals surface area (Å²) in [4.78, 5) is 13.7. The molecule has 31 heavy (non-hydrogen) atoms. The summed E-state index contributed by atoms with van der Waals surface area (Å²) in [5.74, 6) is 1.50. The van der Waals surface area contributed by atoms with Crippen molar-refractivity contribution in [1.82, 2.24) is 0 Å². The zero-order valence-corrected chi connectivity index (χ0v) is 20.5. The topological polar surface area (TPSA) is 47.6 Å². The van der Waals surface area contributed by atoms with Gasteiger partial charge in [0.1, 0.15) is 11.4 Å². The first kappa shape index (κ1) is 25.2. The molecular formula is C27H41NO3. The first-order valence-corrected chi connectivity index (χ1v) is 11.9. The van der Waals surface area contributed by atoms with Crippen LogP contribution in [0.2, 0.25) is 0 Å². The summed E-state index contributed by atoms with van der Waals surface area (Å²) in [5.41, 5.74) is -0.0280. The van der Waals surface area contributed by atoms with Crippen molar-refractivity contribution in [1.29, 1.82) is 0 Å². The maximum absolute atomic E-state index is 13.7. The number of carbonyl (C=O) groups is 1. The molecule has 0 spiro atoms. The van der Waals surface area contributed by atoms with Gasteiger partial charge in [-0.1, -0.05) is 65.8 Å². The van der Waals surface area contributed by atoms with E-state index in [1.54, 1.807) is 0 Å². The number of ether oxygens (including phenoxy) is 2. The molecular weight excluding hydrogens is 386 g/mol. The molecule has 2 aromatic carbocycles. The zero-order valence-electron chi connectivity index (χ0n) is 20.5. The van der Waals surface area contributed by atoms with Gasteiger partial charge < -0.3 is 14.8 Å². The Morgan fingerprint density at radius 3 is 2.10 bits per heavy atom. The fraction of sp³-hybridized carbons (Fsp3) is 0.593. The van der Waals surface area contributed by atoms with E-state index in [0.29, 0.717) is 31.3 Å². The predicted octanol–water partition coefficient (Wildman–Crippen LogP) is 7.21. The lowest BCUT2D eigenvalue weighted by Crippen LogP contribution is -2.48. The van der Waals surface area contributed by atoms with Crippen LogP contribution in [-0.2, 0) is 9.53 Å². The van der Waals surface area contributed by atoms with Gasteiger partial charge in [-0.2, -0.15) is 0 Å². The third-order valence-corrected chi connectivity index (χ3v) is 5.51. The highest BCUT2D eigenvalue weighted by Crippen LogP contribution is 2.35. The van der Waals surface area contributed by atoms with Gasteiger partial charge in [0.25, 0.3) is 5.91 Å². The van der Waals surface area contributed by atoms with E-state index in [9.17, 15) is 4.79 Å². The van der Waals surface area contributed by atoms with Crippen molar-refractivity contribution in [2.45, 2.75) is 85.9 Å². The van der Waals surface area contributed by atoms with Crippen molar-refractivity contribution in [3.8, 4) is 5.75 Å². The van der Waals surface area contributed by atoms with Crippen molar-refractivity contribution in [3.05, 3.63) is 36.4 Å². The Balaban J connectivity index is 2.43. The van der Waals surface area contributed by atoms with Crippen LogP contribution in [0.4, 0.5) is 5.69 Å². The quantitative estimate of drug-likeness (QED) is 0.389. The molecule has 0 bridgehead atoms. The van der Waals surface area contributed by atoms with Gasteiger partial charge in [-0.3, -0.25) is 4.79 Å². The van der Waals surface area contributed by atoms with E-state index in [-0.39, 0.29) is 12.0 Å². The van der Waals surface area contributed by atoms with E-state index < -0.39 is 5.60 Å². The minimum atomic E-state index is -0.828. The van der Waals surface area contributed by atoms with Crippen molar-refractivity contribution >= 4 is 22.4 Å². The van der Waals surface area contributed by atoms with Gasteiger partial charge in [-0.05, 0) is 56.6 Å². The number of hydrogen-bond acceptors (Lipinski definition) is 3. The first-order chi connectivity index (χ1) is 14.7. The number of amides is 1. The molecule has 0 aromatic heterocycles. The number of carbonyl (C=O) groups excluding carboxylic acids is 1. The molecule has 1 N–H and O–H groups in total. The van der Waals surface area contributed by atoms with Crippen LogP contribution in [0.25, 0.3) is 10.8 Å². The highest BCUT2D eigenvalue weighted by Gasteiger charge is 2.40. The summed E-state index contributed by atoms with van der Waals surface area (Å²) in [6.07, 6.45) is 3.36. The second-order valence-corrected chi connectivity index (χ2v) is 9.49. The Morgan fingerprint density at radius 2 is 1.55 bits per heavy atom. The molecule has 0 saturated heterocycles. The predicted molar refractivity (Wildman–Crippen MR) is 131 cm³/mol. The van der Waals surface area contributed by atoms with Gasteiger partial charge in [-0.25, -0.2) is 0 Å². The fourth-order valence-corrected chi connectivity index (χ4v) is 4.09. The lowest BCUT2D eigenvalue weighted by atomic mass is 9.83. The van der Waals surface area contributed by atoms with Gasteiger partial charge in [0.05, 0.1) is 6.10 Å². The second-order valence-electron chi connectivity index (χ2n) is 9.49. The summed E-state index contributed by atoms with van der Waals surface area (Å²) in [7, 11) is 0. The molecule has 1 atom stereocenters. The van der Waals surface area contributed by atoms with E-state index >= 15 is 0 Å². The van der Waals surface area contributed by atoms with Crippen LogP contribution in [-0.4, -0.2) is 24.2 Å². The highest BCUT2D eigenvalue weighted by atomic mass is 16.5. The van der Waals surface area contributed by atoms with Crippen LogP contribution in [0.15, 0.2) is 36.4 Å². The Kier molecular flexibility index (Phi) is 9.36. The molecule has 4 heteroatoms. The second kappa shape index (κ2) is 11.5. The average Bonchev–Trinajstić information content (AvgIpc) is 2.72. The van der Waals surface area contributed by atoms with Crippen LogP contribution >= 0.6 is 0 Å². The monoisotopic (exact) mass is 427 g/mol. The summed E-state index contributed by atoms with van der Waals surface area (Å²) >= 11 is 0. The number of hydrogen-bond donors (Lipinski definition) is 1. The zero-order chi connectivity index (χ0) is 23.0. The third kappa shape index (κ3) is 6.70. The fourth-order valence-electron chi connectivity index (χ4n) is 4.09. The van der Waals surface area contributed by atoms with E-state index in [1.807, 2.05) is 36.4 Å². The average molecular weight is 428 g/mol. The van der Waals surface area contributed by atoms with Crippen molar-refractivity contribution in [3.63, 3.8) is 0 Å². The molecule has 0 aliphatic heterocycles. The first-order valence-electron chi connectivity index (χ1n) is 11.9. The molecule has 0 heterocycles. The summed E-state index contributed by atoms with van der Waals surface area (Å²) < 4.78 is 12.4. The SMILES string of the molecule is CCCOC(CC(C)C)(CC(C)C)C(=O)Nc1ccc(O[C@@H](C)CC)c2ccccc12. The van der Waals surface area contributed by atoms with E-state index in [2.05, 4.69) is 53.8 Å². The number of rotatable bonds is 12. The maximum atomic E-state index is 13.7. The van der Waals surface area contributed by atoms with Crippen LogP contribution in [0.1, 0.15) is 74.1 Å². The van der Waals surface area contributed by atoms with Gasteiger partial charge in [0.15, 0.2) is 0 Å². The standard InChI is InChI=1S/C27H41NO3/c1-8-16-30-27(17-19(3)4,18-20(5)6)26(29)28-24-14-15-25(31-21(7)9-2)23-13-11-10-12-22(23)24/h10-15,19-21H,8-9,16-18H2,1-7H3,(H,28,29)/t21-/m0/s1. The minimum Gasteiger partial charge on any atom is -0.490 e. The van der Waals surface area contributed by atoms with Crippen LogP contribution in [0.3, 0.4) is 0 Å². The van der Waals surface area contributed by atoms with E-state index in [0.717, 1.165) is 35.1 Å². The third-order valence-electron chi connectivity index (χ3n) is 5.51. The van der Waals surface area contributed by atoms with E-state index in [1.165, 1.54) is 0 Å². The molecule has 2 aromatic rings. The van der Waals surface area contributed by atoms with Crippen molar-refractivity contribution in [2.75, 3.05) is 11.9 Å². The molecule has 4 nitrogen and oxygen atoms in total. The number of benzene rings is 2. The van der Waals surface area contributed by atoms with Gasteiger partial charge in [0, 0.05) is 23.1 Å². The van der Waals surface area contributed by atoms with Gasteiger partial charge >= 0.3 is 0 Å². The molecule has 0 saturated carbocycles. The molecule has 1 amide bonds. The summed E-state index contributed by atoms with van der Waals surface area (Å²) in [6, 6.07) is 12.0. The largest absolute Gasteiger partial charge is 0.490 e. The maximum Gasteiger partial charge on any atom is 0.256 e. The van der Waals surface area contributed by atoms with Crippen LogP contribution < -0.4 is 10.1 Å². The normalized spacial score (nSPS) is 13.1. The van der Waals surface area contributed by atoms with Gasteiger partial charge in [0.2, 0.25) is 0 Å². The van der Waals surface area contributed by atoms with Crippen LogP contribution in [0.5, 0.6) is 5.75 Å². The van der Waals surface area contributed by atoms with Gasteiger partial charge in [-0.15, -0.1) is 0 Å². The number of nitrogens with one attached hydrogen (secondary N) is 1. The molecule has 0 fully saturated rings. The Morgan fingerprint density at radius 1 is 0.935 bits per heavy atom. The summed E-state index contributed by atoms with van der Waals surface area (Å²) in [6.45, 7) is 15.4. The Labute approximate surface area is 188 Å². The number of fused-ring (bicyclic) bond motifs is 1. The van der Waals surface area contributed by atoms with Crippen molar-refractivity contribution in [2.24, 2.45) is 11.8 Å². The van der Waals surface area contributed by atoms with Crippen molar-refractivity contribution < 1.29 is 14.3 Å². The highest BCUT2D eigenvalue weighted by molar-refractivity contribution is 6.06.